The van der Waals surface area contributed by atoms with Gasteiger partial charge in [0.1, 0.15) is 5.41 Å². The summed E-state index contributed by atoms with van der Waals surface area (Å²) in [5.74, 6) is 6.98. The predicted molar refractivity (Wildman–Crippen MR) is 83.8 cm³/mol. The molecule has 2 saturated heterocycles. The molecule has 10 aliphatic rings. The SMILES string of the molecule is COC(=O)[C@]12[C@H]3[C@@H]4[C@H]5[C@H]6[C@H]7[C@@H](CC[C@@H]7O[C@@]17O[C@@H]1CC[C@H]([C@@H]4[C@@H]67)[C@@H]31)[C@@H]52. The van der Waals surface area contributed by atoms with Crippen molar-refractivity contribution < 1.29 is 19.0 Å². The minimum atomic E-state index is -0.610. The maximum atomic E-state index is 13.6. The summed E-state index contributed by atoms with van der Waals surface area (Å²) in [5, 5.41) is 0. The minimum Gasteiger partial charge on any atom is -0.468 e. The van der Waals surface area contributed by atoms with Crippen LogP contribution >= 0.6 is 0 Å². The van der Waals surface area contributed by atoms with E-state index >= 15 is 0 Å². The van der Waals surface area contributed by atoms with E-state index in [1.54, 1.807) is 7.11 Å². The van der Waals surface area contributed by atoms with Gasteiger partial charge in [-0.05, 0) is 84.9 Å². The topological polar surface area (TPSA) is 44.8 Å². The molecule has 0 aromatic carbocycles. The van der Waals surface area contributed by atoms with Crippen LogP contribution in [0.15, 0.2) is 0 Å². The van der Waals surface area contributed by atoms with Crippen molar-refractivity contribution in [3.05, 3.63) is 0 Å². The molecule has 4 nitrogen and oxygen atoms in total. The van der Waals surface area contributed by atoms with Crippen molar-refractivity contribution >= 4 is 5.97 Å². The summed E-state index contributed by atoms with van der Waals surface area (Å²) in [4.78, 5) is 13.6. The average molecular weight is 340 g/mol. The van der Waals surface area contributed by atoms with E-state index in [1.807, 2.05) is 0 Å². The van der Waals surface area contributed by atoms with Crippen LogP contribution in [0.4, 0.5) is 0 Å². The van der Waals surface area contributed by atoms with Gasteiger partial charge in [0.05, 0.1) is 19.3 Å². The smallest absolute Gasteiger partial charge is 0.317 e. The van der Waals surface area contributed by atoms with Crippen LogP contribution in [-0.2, 0) is 19.0 Å². The molecule has 10 fully saturated rings. The molecule has 4 heteroatoms. The first-order chi connectivity index (χ1) is 12.3. The second kappa shape index (κ2) is 3.22. The summed E-state index contributed by atoms with van der Waals surface area (Å²) >= 11 is 0. The number of hydrogen-bond acceptors (Lipinski definition) is 4. The third-order valence-electron chi connectivity index (χ3n) is 11.5. The molecule has 1 spiro atoms. The van der Waals surface area contributed by atoms with Gasteiger partial charge in [0.2, 0.25) is 0 Å². The molecule has 8 aliphatic carbocycles. The minimum absolute atomic E-state index is 0.0381. The molecule has 132 valence electrons. The Labute approximate surface area is 146 Å². The lowest BCUT2D eigenvalue weighted by Gasteiger charge is -2.64. The number of rotatable bonds is 1. The van der Waals surface area contributed by atoms with Crippen molar-refractivity contribution in [2.75, 3.05) is 7.11 Å². The van der Waals surface area contributed by atoms with Crippen molar-refractivity contribution in [3.63, 3.8) is 0 Å². The van der Waals surface area contributed by atoms with Gasteiger partial charge in [-0.25, -0.2) is 0 Å². The van der Waals surface area contributed by atoms with Gasteiger partial charge in [-0.3, -0.25) is 4.79 Å². The Balaban J connectivity index is 1.45. The lowest BCUT2D eigenvalue weighted by molar-refractivity contribution is -0.420. The van der Waals surface area contributed by atoms with Crippen molar-refractivity contribution in [1.29, 1.82) is 0 Å². The van der Waals surface area contributed by atoms with E-state index in [2.05, 4.69) is 0 Å². The molecule has 0 unspecified atom stereocenters. The molecule has 0 aromatic rings. The number of ether oxygens (including phenoxy) is 3. The molecule has 9 bridgehead atoms. The summed E-state index contributed by atoms with van der Waals surface area (Å²) in [6, 6.07) is 0. The molecule has 10 rings (SSSR count). The third kappa shape index (κ3) is 0.818. The summed E-state index contributed by atoms with van der Waals surface area (Å²) in [6.45, 7) is 0. The van der Waals surface area contributed by atoms with Crippen molar-refractivity contribution in [3.8, 4) is 0 Å². The second-order valence-corrected chi connectivity index (χ2v) is 10.9. The Hall–Kier alpha value is -0.610. The van der Waals surface area contributed by atoms with E-state index in [-0.39, 0.29) is 5.97 Å². The van der Waals surface area contributed by atoms with Crippen LogP contribution in [0.25, 0.3) is 0 Å². The standard InChI is InChI=1S/C21H24O4/c1-23-19(22)20-16-7-3-5-8-10(7)13-15(16)14-12-6-2-4-9(11(6)17(14)20)25-21(20,24-8)18(12)13/h6-18H,2-5H2,1H3/t6-,7+,8-,9+,10-,11+,12-,13+,14-,15+,16-,17+,18-,20-,21-/m0/s1. The highest BCUT2D eigenvalue weighted by molar-refractivity contribution is 5.82. The van der Waals surface area contributed by atoms with Gasteiger partial charge in [-0.15, -0.1) is 0 Å². The molecule has 0 amide bonds. The van der Waals surface area contributed by atoms with Crippen LogP contribution in [0.5, 0.6) is 0 Å². The molecule has 2 aliphatic heterocycles. The lowest BCUT2D eigenvalue weighted by Crippen LogP contribution is -2.75. The van der Waals surface area contributed by atoms with E-state index < -0.39 is 11.2 Å². The summed E-state index contributed by atoms with van der Waals surface area (Å²) in [7, 11) is 1.60. The second-order valence-electron chi connectivity index (χ2n) is 10.9. The molecule has 15 atom stereocenters. The molecular weight excluding hydrogens is 316 g/mol. The Morgan fingerprint density at radius 2 is 1.48 bits per heavy atom. The van der Waals surface area contributed by atoms with Crippen LogP contribution in [-0.4, -0.2) is 31.1 Å². The highest BCUT2D eigenvalue weighted by atomic mass is 16.7. The fraction of sp³-hybridized carbons (Fsp3) is 0.952. The van der Waals surface area contributed by atoms with Gasteiger partial charge in [0.15, 0.2) is 5.79 Å². The maximum absolute atomic E-state index is 13.6. The highest BCUT2D eigenvalue weighted by Gasteiger charge is 2.99. The van der Waals surface area contributed by atoms with E-state index in [0.717, 1.165) is 35.5 Å². The number of carbonyl (C=O) groups is 1. The van der Waals surface area contributed by atoms with Gasteiger partial charge >= 0.3 is 5.97 Å². The van der Waals surface area contributed by atoms with E-state index in [1.165, 1.54) is 25.7 Å². The fourth-order valence-corrected chi connectivity index (χ4v) is 12.1. The summed E-state index contributed by atoms with van der Waals surface area (Å²) in [5.41, 5.74) is -0.455. The van der Waals surface area contributed by atoms with Crippen molar-refractivity contribution in [2.24, 2.45) is 70.5 Å². The molecule has 0 radical (unpaired) electrons. The number of esters is 1. The largest absolute Gasteiger partial charge is 0.468 e. The Kier molecular flexibility index (Phi) is 1.64. The Bertz CT molecular complexity index is 772. The van der Waals surface area contributed by atoms with Crippen LogP contribution in [0.3, 0.4) is 0 Å². The molecule has 0 aromatic heterocycles. The first kappa shape index (κ1) is 12.7. The van der Waals surface area contributed by atoms with Gasteiger partial charge in [-0.1, -0.05) is 0 Å². The zero-order chi connectivity index (χ0) is 16.0. The number of carbonyl (C=O) groups excluding carboxylic acids is 1. The van der Waals surface area contributed by atoms with Gasteiger partial charge in [0, 0.05) is 5.92 Å². The molecule has 2 heterocycles. The van der Waals surface area contributed by atoms with Crippen LogP contribution in [0.2, 0.25) is 0 Å². The van der Waals surface area contributed by atoms with E-state index in [9.17, 15) is 4.79 Å². The zero-order valence-electron chi connectivity index (χ0n) is 14.5. The predicted octanol–water partition coefficient (Wildman–Crippen LogP) is 2.07. The summed E-state index contributed by atoms with van der Waals surface area (Å²) < 4.78 is 19.6. The van der Waals surface area contributed by atoms with Gasteiger partial charge in [-0.2, -0.15) is 0 Å². The van der Waals surface area contributed by atoms with Crippen molar-refractivity contribution in [2.45, 2.75) is 43.7 Å². The Morgan fingerprint density at radius 1 is 0.800 bits per heavy atom. The van der Waals surface area contributed by atoms with Crippen LogP contribution in [0, 0.1) is 70.5 Å². The highest BCUT2D eigenvalue weighted by Crippen LogP contribution is 2.94. The fourth-order valence-electron chi connectivity index (χ4n) is 12.1. The normalized spacial score (nSPS) is 78.5. The van der Waals surface area contributed by atoms with E-state index in [0.29, 0.717) is 41.8 Å². The first-order valence-electron chi connectivity index (χ1n) is 10.7. The number of methoxy groups -OCH3 is 1. The van der Waals surface area contributed by atoms with Gasteiger partial charge < -0.3 is 14.2 Å². The van der Waals surface area contributed by atoms with Gasteiger partial charge in [0.25, 0.3) is 0 Å². The average Bonchev–Trinajstić information content (AvgIpc) is 3.32. The quantitative estimate of drug-likeness (QED) is 0.686. The lowest BCUT2D eigenvalue weighted by atomic mass is 9.51. The van der Waals surface area contributed by atoms with Crippen LogP contribution < -0.4 is 0 Å². The van der Waals surface area contributed by atoms with Crippen LogP contribution in [0.1, 0.15) is 25.7 Å². The summed E-state index contributed by atoms with van der Waals surface area (Å²) in [6.07, 6.45) is 5.71. The van der Waals surface area contributed by atoms with Crippen molar-refractivity contribution in [1.82, 2.24) is 0 Å². The molecular formula is C21H24O4. The third-order valence-corrected chi connectivity index (χ3v) is 11.5. The number of hydrogen-bond donors (Lipinski definition) is 0. The zero-order valence-corrected chi connectivity index (χ0v) is 14.5. The monoisotopic (exact) mass is 340 g/mol. The molecule has 25 heavy (non-hydrogen) atoms. The maximum Gasteiger partial charge on any atom is 0.317 e. The molecule has 0 N–H and O–H groups in total. The van der Waals surface area contributed by atoms with E-state index in [4.69, 9.17) is 14.2 Å². The first-order valence-corrected chi connectivity index (χ1v) is 10.7. The molecule has 8 saturated carbocycles. The Morgan fingerprint density at radius 3 is 2.28 bits per heavy atom.